The number of benzene rings is 1. The van der Waals surface area contributed by atoms with Crippen LogP contribution in [0.4, 0.5) is 5.69 Å². The lowest BCUT2D eigenvalue weighted by Gasteiger charge is -2.34. The highest BCUT2D eigenvalue weighted by molar-refractivity contribution is 9.10. The molecule has 1 unspecified atom stereocenters. The van der Waals surface area contributed by atoms with Crippen LogP contribution in [0.3, 0.4) is 0 Å². The SMILES string of the molecule is CC1(C)CC(N)CN1c1ccccc1Br. The van der Waals surface area contributed by atoms with Gasteiger partial charge in [-0.2, -0.15) is 0 Å². The normalized spacial score (nSPS) is 24.5. The molecule has 1 fully saturated rings. The fourth-order valence-electron chi connectivity index (χ4n) is 2.39. The molecule has 2 N–H and O–H groups in total. The first-order valence-electron chi connectivity index (χ1n) is 5.28. The maximum absolute atomic E-state index is 6.03. The molecule has 1 saturated heterocycles. The van der Waals surface area contributed by atoms with Crippen LogP contribution in [0.5, 0.6) is 0 Å². The highest BCUT2D eigenvalue weighted by Crippen LogP contribution is 2.36. The van der Waals surface area contributed by atoms with Crippen molar-refractivity contribution in [2.45, 2.75) is 31.8 Å². The van der Waals surface area contributed by atoms with Crippen molar-refractivity contribution < 1.29 is 0 Å². The summed E-state index contributed by atoms with van der Waals surface area (Å²) in [4.78, 5) is 2.39. The summed E-state index contributed by atoms with van der Waals surface area (Å²) in [5.74, 6) is 0. The van der Waals surface area contributed by atoms with Gasteiger partial charge in [0.15, 0.2) is 0 Å². The molecule has 15 heavy (non-hydrogen) atoms. The van der Waals surface area contributed by atoms with Gasteiger partial charge >= 0.3 is 0 Å². The van der Waals surface area contributed by atoms with Gasteiger partial charge in [-0.25, -0.2) is 0 Å². The minimum absolute atomic E-state index is 0.156. The monoisotopic (exact) mass is 268 g/mol. The molecule has 0 amide bonds. The number of hydrogen-bond donors (Lipinski definition) is 1. The Hall–Kier alpha value is -0.540. The van der Waals surface area contributed by atoms with Gasteiger partial charge in [-0.05, 0) is 48.3 Å². The van der Waals surface area contributed by atoms with E-state index in [1.54, 1.807) is 0 Å². The van der Waals surface area contributed by atoms with Crippen molar-refractivity contribution in [1.29, 1.82) is 0 Å². The van der Waals surface area contributed by atoms with Crippen LogP contribution in [-0.4, -0.2) is 18.1 Å². The quantitative estimate of drug-likeness (QED) is 0.849. The molecule has 1 aliphatic heterocycles. The lowest BCUT2D eigenvalue weighted by Crippen LogP contribution is -2.38. The molecular formula is C12H17BrN2. The summed E-state index contributed by atoms with van der Waals surface area (Å²) in [6.45, 7) is 5.44. The molecule has 0 spiro atoms. The predicted octanol–water partition coefficient (Wildman–Crippen LogP) is 2.77. The Kier molecular flexibility index (Phi) is 2.77. The molecule has 1 atom stereocenters. The van der Waals surface area contributed by atoms with Crippen molar-refractivity contribution in [3.05, 3.63) is 28.7 Å². The van der Waals surface area contributed by atoms with E-state index in [1.807, 2.05) is 6.07 Å². The van der Waals surface area contributed by atoms with E-state index in [9.17, 15) is 0 Å². The lowest BCUT2D eigenvalue weighted by atomic mass is 10.0. The molecule has 2 rings (SSSR count). The molecule has 3 heteroatoms. The van der Waals surface area contributed by atoms with E-state index in [0.29, 0.717) is 0 Å². The molecule has 0 aliphatic carbocycles. The first-order chi connectivity index (χ1) is 7.00. The summed E-state index contributed by atoms with van der Waals surface area (Å²) in [5.41, 5.74) is 7.43. The third-order valence-corrected chi connectivity index (χ3v) is 3.72. The van der Waals surface area contributed by atoms with Crippen LogP contribution in [0, 0.1) is 0 Å². The zero-order valence-electron chi connectivity index (χ0n) is 9.20. The Bertz CT molecular complexity index is 362. The summed E-state index contributed by atoms with van der Waals surface area (Å²) in [6.07, 6.45) is 1.05. The van der Waals surface area contributed by atoms with Crippen LogP contribution in [0.2, 0.25) is 0 Å². The van der Waals surface area contributed by atoms with Gasteiger partial charge in [0.25, 0.3) is 0 Å². The summed E-state index contributed by atoms with van der Waals surface area (Å²) in [6, 6.07) is 8.61. The maximum Gasteiger partial charge on any atom is 0.0515 e. The summed E-state index contributed by atoms with van der Waals surface area (Å²) in [7, 11) is 0. The minimum Gasteiger partial charge on any atom is -0.364 e. The van der Waals surface area contributed by atoms with E-state index < -0.39 is 0 Å². The number of nitrogens with two attached hydrogens (primary N) is 1. The molecule has 1 aliphatic rings. The van der Waals surface area contributed by atoms with Gasteiger partial charge in [-0.1, -0.05) is 12.1 Å². The summed E-state index contributed by atoms with van der Waals surface area (Å²) in [5, 5.41) is 0. The molecule has 0 aromatic heterocycles. The Labute approximate surface area is 99.6 Å². The van der Waals surface area contributed by atoms with Gasteiger partial charge in [-0.3, -0.25) is 0 Å². The number of nitrogens with zero attached hydrogens (tertiary/aromatic N) is 1. The van der Waals surface area contributed by atoms with Gasteiger partial charge in [0.2, 0.25) is 0 Å². The molecule has 82 valence electrons. The van der Waals surface area contributed by atoms with Crippen molar-refractivity contribution in [1.82, 2.24) is 0 Å². The molecule has 2 nitrogen and oxygen atoms in total. The second-order valence-electron chi connectivity index (χ2n) is 4.84. The van der Waals surface area contributed by atoms with Crippen LogP contribution < -0.4 is 10.6 Å². The number of anilines is 1. The van der Waals surface area contributed by atoms with E-state index in [0.717, 1.165) is 17.4 Å². The van der Waals surface area contributed by atoms with E-state index in [2.05, 4.69) is 52.9 Å². The summed E-state index contributed by atoms with van der Waals surface area (Å²) >= 11 is 3.60. The number of rotatable bonds is 1. The lowest BCUT2D eigenvalue weighted by molar-refractivity contribution is 0.505. The van der Waals surface area contributed by atoms with Crippen molar-refractivity contribution in [3.63, 3.8) is 0 Å². The van der Waals surface area contributed by atoms with E-state index >= 15 is 0 Å². The number of para-hydroxylation sites is 1. The van der Waals surface area contributed by atoms with Crippen molar-refractivity contribution >= 4 is 21.6 Å². The van der Waals surface area contributed by atoms with Crippen molar-refractivity contribution in [2.75, 3.05) is 11.4 Å². The van der Waals surface area contributed by atoms with Gasteiger partial charge in [0.1, 0.15) is 0 Å². The molecular weight excluding hydrogens is 252 g/mol. The van der Waals surface area contributed by atoms with E-state index in [-0.39, 0.29) is 11.6 Å². The van der Waals surface area contributed by atoms with Crippen LogP contribution in [0.25, 0.3) is 0 Å². The largest absolute Gasteiger partial charge is 0.364 e. The second kappa shape index (κ2) is 3.80. The van der Waals surface area contributed by atoms with Crippen LogP contribution >= 0.6 is 15.9 Å². The van der Waals surface area contributed by atoms with Crippen molar-refractivity contribution in [2.24, 2.45) is 5.73 Å². The highest BCUT2D eigenvalue weighted by atomic mass is 79.9. The second-order valence-corrected chi connectivity index (χ2v) is 5.69. The zero-order chi connectivity index (χ0) is 11.1. The predicted molar refractivity (Wildman–Crippen MR) is 68.2 cm³/mol. The van der Waals surface area contributed by atoms with Crippen LogP contribution in [0.15, 0.2) is 28.7 Å². The Morgan fingerprint density at radius 1 is 1.40 bits per heavy atom. The third kappa shape index (κ3) is 2.04. The molecule has 1 aromatic carbocycles. The fourth-order valence-corrected chi connectivity index (χ4v) is 2.89. The fraction of sp³-hybridized carbons (Fsp3) is 0.500. The number of hydrogen-bond acceptors (Lipinski definition) is 2. The van der Waals surface area contributed by atoms with Gasteiger partial charge in [0.05, 0.1) is 5.69 Å². The zero-order valence-corrected chi connectivity index (χ0v) is 10.8. The smallest absolute Gasteiger partial charge is 0.0515 e. The molecule has 0 bridgehead atoms. The average molecular weight is 269 g/mol. The molecule has 0 radical (unpaired) electrons. The van der Waals surface area contributed by atoms with Gasteiger partial charge in [-0.15, -0.1) is 0 Å². The summed E-state index contributed by atoms with van der Waals surface area (Å²) < 4.78 is 1.15. The number of halogens is 1. The van der Waals surface area contributed by atoms with Crippen LogP contribution in [-0.2, 0) is 0 Å². The third-order valence-electron chi connectivity index (χ3n) is 3.05. The maximum atomic E-state index is 6.03. The molecule has 0 saturated carbocycles. The Morgan fingerprint density at radius 2 is 2.07 bits per heavy atom. The van der Waals surface area contributed by atoms with Gasteiger partial charge in [0, 0.05) is 22.6 Å². The highest BCUT2D eigenvalue weighted by Gasteiger charge is 2.37. The van der Waals surface area contributed by atoms with E-state index in [1.165, 1.54) is 5.69 Å². The first-order valence-corrected chi connectivity index (χ1v) is 6.08. The first kappa shape index (κ1) is 11.0. The van der Waals surface area contributed by atoms with Crippen LogP contribution in [0.1, 0.15) is 20.3 Å². The topological polar surface area (TPSA) is 29.3 Å². The Morgan fingerprint density at radius 3 is 2.60 bits per heavy atom. The minimum atomic E-state index is 0.156. The molecule has 1 heterocycles. The van der Waals surface area contributed by atoms with Crippen molar-refractivity contribution in [3.8, 4) is 0 Å². The standard InChI is InChI=1S/C12H17BrN2/c1-12(2)7-9(14)8-15(12)11-6-4-3-5-10(11)13/h3-6,9H,7-8,14H2,1-2H3. The average Bonchev–Trinajstić information content (AvgIpc) is 2.40. The Balaban J connectivity index is 2.36. The molecule has 1 aromatic rings. The van der Waals surface area contributed by atoms with Gasteiger partial charge < -0.3 is 10.6 Å². The van der Waals surface area contributed by atoms with E-state index in [4.69, 9.17) is 5.73 Å².